The van der Waals surface area contributed by atoms with E-state index in [0.29, 0.717) is 6.07 Å². The first-order valence-corrected chi connectivity index (χ1v) is 10.6. The van der Waals surface area contributed by atoms with Gasteiger partial charge in [-0.3, -0.25) is 4.79 Å². The SMILES string of the molecule is CC(C)(C)c1ccc(C(=O)Nc2cccc(C(F)(F)C(F)(F)OC(F)(F)C(F)(F)C(F)(F)OC(F)(F)F)c2)cc1. The first-order chi connectivity index (χ1) is 17.7. The summed E-state index contributed by atoms with van der Waals surface area (Å²) in [4.78, 5) is 12.4. The van der Waals surface area contributed by atoms with Crippen LogP contribution in [0.3, 0.4) is 0 Å². The van der Waals surface area contributed by atoms with Crippen LogP contribution in [0, 0.1) is 0 Å². The predicted octanol–water partition coefficient (Wildman–Crippen LogP) is 8.29. The maximum absolute atomic E-state index is 14.5. The number of nitrogens with one attached hydrogen (secondary N) is 1. The molecule has 40 heavy (non-hydrogen) atoms. The van der Waals surface area contributed by atoms with E-state index in [1.54, 1.807) is 16.9 Å². The van der Waals surface area contributed by atoms with Crippen LogP contribution in [0.15, 0.2) is 48.5 Å². The number of ether oxygens (including phenoxy) is 2. The highest BCUT2D eigenvalue weighted by atomic mass is 19.4. The zero-order valence-corrected chi connectivity index (χ0v) is 20.3. The average Bonchev–Trinajstić information content (AvgIpc) is 2.76. The Kier molecular flexibility index (Phi) is 8.61. The monoisotopic (exact) mass is 603 g/mol. The zero-order chi connectivity index (χ0) is 31.2. The molecule has 224 valence electrons. The molecular weight excluding hydrogens is 585 g/mol. The van der Waals surface area contributed by atoms with Crippen molar-refractivity contribution in [1.29, 1.82) is 0 Å². The average molecular weight is 603 g/mol. The summed E-state index contributed by atoms with van der Waals surface area (Å²) in [6.07, 6.45) is -28.0. The van der Waals surface area contributed by atoms with Crippen LogP contribution in [-0.2, 0) is 20.8 Å². The minimum atomic E-state index is -7.52. The molecule has 0 spiro atoms. The molecule has 4 nitrogen and oxygen atoms in total. The second-order valence-corrected chi connectivity index (χ2v) is 9.21. The molecule has 0 aliphatic heterocycles. The van der Waals surface area contributed by atoms with Crippen LogP contribution < -0.4 is 5.32 Å². The van der Waals surface area contributed by atoms with Gasteiger partial charge in [0.1, 0.15) is 0 Å². The summed E-state index contributed by atoms with van der Waals surface area (Å²) in [6.45, 7) is 5.60. The van der Waals surface area contributed by atoms with Crippen molar-refractivity contribution in [3.05, 3.63) is 65.2 Å². The smallest absolute Gasteiger partial charge is 0.322 e. The first kappa shape index (κ1) is 33.1. The van der Waals surface area contributed by atoms with Crippen LogP contribution >= 0.6 is 0 Å². The van der Waals surface area contributed by atoms with E-state index in [2.05, 4.69) is 4.74 Å². The summed E-state index contributed by atoms with van der Waals surface area (Å²) < 4.78 is 176. The van der Waals surface area contributed by atoms with Crippen molar-refractivity contribution in [2.24, 2.45) is 0 Å². The fraction of sp³-hybridized carbons (Fsp3) is 0.435. The lowest BCUT2D eigenvalue weighted by Gasteiger charge is -2.35. The normalized spacial score (nSPS) is 14.3. The van der Waals surface area contributed by atoms with E-state index < -0.39 is 53.7 Å². The molecule has 0 aliphatic carbocycles. The van der Waals surface area contributed by atoms with Gasteiger partial charge in [-0.2, -0.15) is 43.9 Å². The van der Waals surface area contributed by atoms with Crippen molar-refractivity contribution >= 4 is 11.6 Å². The van der Waals surface area contributed by atoms with Gasteiger partial charge >= 0.3 is 36.5 Å². The molecule has 0 atom stereocenters. The van der Waals surface area contributed by atoms with Crippen molar-refractivity contribution in [2.45, 2.75) is 62.7 Å². The second kappa shape index (κ2) is 10.4. The predicted molar refractivity (Wildman–Crippen MR) is 111 cm³/mol. The molecule has 0 fully saturated rings. The molecule has 0 aliphatic rings. The quantitative estimate of drug-likeness (QED) is 0.294. The van der Waals surface area contributed by atoms with Gasteiger partial charge in [-0.15, -0.1) is 13.2 Å². The summed E-state index contributed by atoms with van der Waals surface area (Å²) in [7, 11) is 0. The number of hydrogen-bond acceptors (Lipinski definition) is 3. The number of carbonyl (C=O) groups excluding carboxylic acids is 1. The van der Waals surface area contributed by atoms with Crippen molar-refractivity contribution in [3.8, 4) is 0 Å². The molecule has 0 saturated heterocycles. The Morgan fingerprint density at radius 1 is 0.650 bits per heavy atom. The van der Waals surface area contributed by atoms with Crippen LogP contribution in [0.1, 0.15) is 42.3 Å². The van der Waals surface area contributed by atoms with E-state index in [9.17, 15) is 61.9 Å². The lowest BCUT2D eigenvalue weighted by atomic mass is 9.87. The molecule has 17 heteroatoms. The molecule has 2 rings (SSSR count). The van der Waals surface area contributed by atoms with E-state index in [1.165, 1.54) is 12.1 Å². The Hall–Kier alpha value is -3.08. The van der Waals surface area contributed by atoms with Crippen molar-refractivity contribution in [3.63, 3.8) is 0 Å². The van der Waals surface area contributed by atoms with E-state index in [4.69, 9.17) is 0 Å². The van der Waals surface area contributed by atoms with E-state index in [1.807, 2.05) is 26.1 Å². The third-order valence-corrected chi connectivity index (χ3v) is 5.09. The summed E-state index contributed by atoms with van der Waals surface area (Å²) in [5.41, 5.74) is -2.08. The number of alkyl halides is 13. The highest BCUT2D eigenvalue weighted by Crippen LogP contribution is 2.54. The summed E-state index contributed by atoms with van der Waals surface area (Å²) in [5.74, 6) is -14.4. The molecule has 0 unspecified atom stereocenters. The number of hydrogen-bond donors (Lipinski definition) is 1. The number of benzene rings is 2. The zero-order valence-electron chi connectivity index (χ0n) is 20.3. The standard InChI is InChI=1S/C23H18F13NO3/c1-17(2,3)13-9-7-12(8-10-13)16(38)37-15-6-4-5-14(11-15)18(24,25)20(28,29)39-21(30,31)19(26,27)22(32,33)40-23(34,35)36/h4-11H,1-3H3,(H,37,38). The van der Waals surface area contributed by atoms with Gasteiger partial charge in [-0.05, 0) is 35.2 Å². The Labute approximate surface area is 217 Å². The molecule has 0 radical (unpaired) electrons. The number of halogens is 13. The number of carbonyl (C=O) groups is 1. The fourth-order valence-electron chi connectivity index (χ4n) is 2.95. The van der Waals surface area contributed by atoms with E-state index in [-0.39, 0.29) is 23.1 Å². The molecule has 0 heterocycles. The maximum atomic E-state index is 14.5. The van der Waals surface area contributed by atoms with Gasteiger partial charge in [0.25, 0.3) is 5.91 Å². The maximum Gasteiger partial charge on any atom is 0.527 e. The molecule has 1 amide bonds. The van der Waals surface area contributed by atoms with Crippen LogP contribution in [0.4, 0.5) is 62.8 Å². The summed E-state index contributed by atoms with van der Waals surface area (Å²) in [6, 6.07) is 7.58. The Balaban J connectivity index is 2.31. The van der Waals surface area contributed by atoms with E-state index >= 15 is 0 Å². The lowest BCUT2D eigenvalue weighted by Crippen LogP contribution is -2.61. The number of rotatable bonds is 9. The van der Waals surface area contributed by atoms with E-state index in [0.717, 1.165) is 11.6 Å². The largest absolute Gasteiger partial charge is 0.527 e. The number of amides is 1. The van der Waals surface area contributed by atoms with Crippen molar-refractivity contribution in [2.75, 3.05) is 5.32 Å². The first-order valence-electron chi connectivity index (χ1n) is 10.6. The Morgan fingerprint density at radius 2 is 1.15 bits per heavy atom. The Morgan fingerprint density at radius 3 is 1.62 bits per heavy atom. The molecule has 2 aromatic carbocycles. The molecule has 0 saturated carbocycles. The van der Waals surface area contributed by atoms with Gasteiger partial charge in [0, 0.05) is 16.8 Å². The molecule has 0 bridgehead atoms. The molecule has 0 aromatic heterocycles. The topological polar surface area (TPSA) is 47.6 Å². The van der Waals surface area contributed by atoms with Gasteiger partial charge in [0.15, 0.2) is 0 Å². The van der Waals surface area contributed by atoms with Crippen molar-refractivity contribution < 1.29 is 71.3 Å². The van der Waals surface area contributed by atoms with Gasteiger partial charge in [0.05, 0.1) is 0 Å². The van der Waals surface area contributed by atoms with Gasteiger partial charge < -0.3 is 5.32 Å². The van der Waals surface area contributed by atoms with Gasteiger partial charge in [0.2, 0.25) is 0 Å². The van der Waals surface area contributed by atoms with Crippen molar-refractivity contribution in [1.82, 2.24) is 0 Å². The molecule has 2 aromatic rings. The summed E-state index contributed by atoms with van der Waals surface area (Å²) in [5, 5.41) is 2.05. The molecule has 1 N–H and O–H groups in total. The van der Waals surface area contributed by atoms with Gasteiger partial charge in [-0.25, -0.2) is 9.47 Å². The lowest BCUT2D eigenvalue weighted by molar-refractivity contribution is -0.535. The van der Waals surface area contributed by atoms with Crippen LogP contribution in [0.5, 0.6) is 0 Å². The van der Waals surface area contributed by atoms with Crippen LogP contribution in [0.25, 0.3) is 0 Å². The summed E-state index contributed by atoms with van der Waals surface area (Å²) >= 11 is 0. The fourth-order valence-corrected chi connectivity index (χ4v) is 2.95. The number of anilines is 1. The highest BCUT2D eigenvalue weighted by Gasteiger charge is 2.80. The minimum Gasteiger partial charge on any atom is -0.322 e. The minimum absolute atomic E-state index is 0.0253. The molecular formula is C23H18F13NO3. The second-order valence-electron chi connectivity index (χ2n) is 9.21. The highest BCUT2D eigenvalue weighted by molar-refractivity contribution is 6.04. The van der Waals surface area contributed by atoms with Crippen LogP contribution in [-0.4, -0.2) is 36.5 Å². The Bertz CT molecular complexity index is 1200. The van der Waals surface area contributed by atoms with Gasteiger partial charge in [-0.1, -0.05) is 45.0 Å². The third-order valence-electron chi connectivity index (χ3n) is 5.09. The third kappa shape index (κ3) is 6.97. The van der Waals surface area contributed by atoms with Crippen LogP contribution in [0.2, 0.25) is 0 Å².